The second-order valence-corrected chi connectivity index (χ2v) is 72.5. The summed E-state index contributed by atoms with van der Waals surface area (Å²) in [6.45, 7) is 61.1. The van der Waals surface area contributed by atoms with Crippen LogP contribution in [0.3, 0.4) is 0 Å². The normalized spacial score (nSPS) is 29.9. The number of hydrogen-bond acceptors (Lipinski definition) is 2. The van der Waals surface area contributed by atoms with Crippen LogP contribution >= 0.6 is 0 Å². The molecule has 8 aliphatic rings. The third-order valence-corrected chi connectivity index (χ3v) is 101. The van der Waals surface area contributed by atoms with Gasteiger partial charge in [-0.3, -0.25) is 0 Å². The second-order valence-electron chi connectivity index (χ2n) is 29.4. The van der Waals surface area contributed by atoms with Gasteiger partial charge in [0.25, 0.3) is 0 Å². The zero-order chi connectivity index (χ0) is 50.2. The van der Waals surface area contributed by atoms with Gasteiger partial charge in [-0.2, -0.15) is 0 Å². The molecule has 0 spiro atoms. The van der Waals surface area contributed by atoms with Crippen molar-refractivity contribution in [2.75, 3.05) is 0 Å². The smallest absolute Gasteiger partial charge is 0.120 e. The molecular weight excluding hydrogens is 1100 g/mol. The Morgan fingerprint density at radius 1 is 0.299 bits per heavy atom. The van der Waals surface area contributed by atoms with Crippen LogP contribution in [0.25, 0.3) is 0 Å². The number of hydrogen-bond donors (Lipinski definition) is 0. The Bertz CT molecular complexity index is 1320. The van der Waals surface area contributed by atoms with Crippen molar-refractivity contribution in [3.63, 3.8) is 0 Å². The first-order valence-electron chi connectivity index (χ1n) is 29.2. The molecule has 0 amide bonds. The summed E-state index contributed by atoms with van der Waals surface area (Å²) in [7, 11) is -9.80. The monoisotopic (exact) mass is 1210 g/mol. The minimum absolute atomic E-state index is 0. The maximum absolute atomic E-state index is 15.6. The molecule has 0 unspecified atom stereocenters. The standard InChI is InChI=1S/2C29H57OSi3.Hg/c2*1-19(2)32(20(3)4,21(5)6)31(33(22(7)8,23(9)10)24(11)12)28(30)29-16-25-13-26(17-29)15-27(14-25)18-29;/h2*19-27H,13-18H2,1-12H3;. The molecule has 0 saturated heterocycles. The van der Waals surface area contributed by atoms with Crippen LogP contribution < -0.4 is 0 Å². The zero-order valence-electron chi connectivity index (χ0n) is 49.4. The Morgan fingerprint density at radius 3 is 0.522 bits per heavy atom. The summed E-state index contributed by atoms with van der Waals surface area (Å²) in [4.78, 5) is 31.3. The summed E-state index contributed by atoms with van der Waals surface area (Å²) >= 11 is 0. The molecule has 2 nitrogen and oxygen atoms in total. The molecule has 0 aromatic rings. The van der Waals surface area contributed by atoms with Gasteiger partial charge in [-0.25, -0.2) is 0 Å². The van der Waals surface area contributed by atoms with E-state index in [1.807, 2.05) is 0 Å². The van der Waals surface area contributed by atoms with E-state index in [1.165, 1.54) is 77.0 Å². The van der Waals surface area contributed by atoms with Gasteiger partial charge in [0.05, 0.1) is 30.4 Å². The number of carbonyl (C=O) groups is 2. The summed E-state index contributed by atoms with van der Waals surface area (Å²) in [5, 5.41) is 1.88. The van der Waals surface area contributed by atoms with Gasteiger partial charge >= 0.3 is 0 Å². The van der Waals surface area contributed by atoms with Crippen LogP contribution in [0.5, 0.6) is 0 Å². The second kappa shape index (κ2) is 22.4. The summed E-state index contributed by atoms with van der Waals surface area (Å²) in [6.07, 6.45) is 16.3. The minimum Gasteiger partial charge on any atom is -0.306 e. The van der Waals surface area contributed by atoms with Crippen molar-refractivity contribution >= 4 is 56.8 Å². The molecule has 8 rings (SSSR count). The molecule has 384 valence electrons. The third-order valence-electron chi connectivity index (χ3n) is 22.7. The summed E-state index contributed by atoms with van der Waals surface area (Å²) in [5.74, 6) is 5.19. The van der Waals surface area contributed by atoms with Gasteiger partial charge in [0, 0.05) is 38.5 Å². The first kappa shape index (κ1) is 61.1. The molecule has 9 heteroatoms. The Labute approximate surface area is 446 Å². The van der Waals surface area contributed by atoms with Crippen LogP contribution in [0.15, 0.2) is 0 Å². The topological polar surface area (TPSA) is 34.1 Å². The van der Waals surface area contributed by atoms with E-state index >= 15 is 9.59 Å². The Balaban J connectivity index is 0.000000288. The average molecular weight is 1210 g/mol. The van der Waals surface area contributed by atoms with Gasteiger partial charge in [0.15, 0.2) is 0 Å². The maximum Gasteiger partial charge on any atom is 0.120 e. The predicted octanol–water partition coefficient (Wildman–Crippen LogP) is 18.6. The van der Waals surface area contributed by atoms with Crippen molar-refractivity contribution in [3.05, 3.63) is 0 Å². The Hall–Kier alpha value is 1.58. The van der Waals surface area contributed by atoms with Crippen LogP contribution in [0.2, 0.25) is 66.5 Å². The van der Waals surface area contributed by atoms with E-state index < -0.39 is 46.0 Å². The fraction of sp³-hybridized carbons (Fsp3) is 0.966. The largest absolute Gasteiger partial charge is 0.306 e. The molecule has 0 aliphatic heterocycles. The van der Waals surface area contributed by atoms with Gasteiger partial charge in [0.2, 0.25) is 0 Å². The SMILES string of the molecule is CC(C)[Si](C(C)C)(C(C)C)[Si](C(=O)C12CC3CC(CC(C3)C1)C2)[Si](C(C)C)(C(C)C)C(C)C.CC(C)[Si](C(C)C)(C(C)C)[Si](C(=O)C12CC3CC(CC(C3)C1)C2)[Si](C(C)C)(C(C)C)C(C)C.[Hg]. The van der Waals surface area contributed by atoms with E-state index in [-0.39, 0.29) is 38.5 Å². The summed E-state index contributed by atoms with van der Waals surface area (Å²) in [6, 6.07) is 0. The van der Waals surface area contributed by atoms with Gasteiger partial charge in [0.1, 0.15) is 26.5 Å². The van der Waals surface area contributed by atoms with Gasteiger partial charge < -0.3 is 9.59 Å². The predicted molar refractivity (Wildman–Crippen MR) is 307 cm³/mol. The van der Waals surface area contributed by atoms with Crippen LogP contribution in [-0.2, 0) is 37.3 Å². The van der Waals surface area contributed by atoms with E-state index in [1.54, 1.807) is 0 Å². The third kappa shape index (κ3) is 9.87. The van der Waals surface area contributed by atoms with E-state index in [9.17, 15) is 0 Å². The fourth-order valence-corrected chi connectivity index (χ4v) is 128. The van der Waals surface area contributed by atoms with E-state index in [0.717, 1.165) is 46.3 Å². The van der Waals surface area contributed by atoms with Crippen LogP contribution in [-0.4, -0.2) is 56.8 Å². The van der Waals surface area contributed by atoms with Gasteiger partial charge in [-0.1, -0.05) is 233 Å². The van der Waals surface area contributed by atoms with Crippen LogP contribution in [0.1, 0.15) is 243 Å². The van der Waals surface area contributed by atoms with Crippen molar-refractivity contribution in [1.29, 1.82) is 0 Å². The van der Waals surface area contributed by atoms with Gasteiger partial charge in [-0.05, 0) is 113 Å². The number of carbonyl (C=O) groups excluding carboxylic acids is 2. The molecule has 8 bridgehead atoms. The summed E-state index contributed by atoms with van der Waals surface area (Å²) in [5.41, 5.74) is 8.58. The molecule has 2 radical (unpaired) electrons. The first-order chi connectivity index (χ1) is 30.3. The molecule has 8 aliphatic carbocycles. The first-order valence-corrected chi connectivity index (χ1v) is 45.1. The van der Waals surface area contributed by atoms with Crippen molar-refractivity contribution in [2.45, 2.75) is 310 Å². The molecular formula is C58H114HgO2Si6. The van der Waals surface area contributed by atoms with E-state index in [4.69, 9.17) is 0 Å². The van der Waals surface area contributed by atoms with Crippen molar-refractivity contribution < 1.29 is 37.3 Å². The molecule has 0 aromatic heterocycles. The minimum atomic E-state index is -1.88. The van der Waals surface area contributed by atoms with E-state index in [2.05, 4.69) is 166 Å². The molecule has 0 heterocycles. The van der Waals surface area contributed by atoms with Gasteiger partial charge in [-0.15, -0.1) is 0 Å². The Morgan fingerprint density at radius 2 is 0.418 bits per heavy atom. The van der Waals surface area contributed by atoms with Crippen LogP contribution in [0, 0.1) is 46.3 Å². The number of rotatable bonds is 20. The van der Waals surface area contributed by atoms with E-state index in [0.29, 0.717) is 66.5 Å². The van der Waals surface area contributed by atoms with Crippen molar-refractivity contribution in [3.8, 4) is 0 Å². The molecule has 8 saturated carbocycles. The van der Waals surface area contributed by atoms with Crippen molar-refractivity contribution in [1.82, 2.24) is 0 Å². The molecule has 67 heavy (non-hydrogen) atoms. The van der Waals surface area contributed by atoms with Crippen molar-refractivity contribution in [2.24, 2.45) is 46.3 Å². The molecule has 0 atom stereocenters. The molecule has 0 N–H and O–H groups in total. The average Bonchev–Trinajstić information content (AvgIpc) is 3.14. The Kier molecular flexibility index (Phi) is 20.5. The van der Waals surface area contributed by atoms with Crippen LogP contribution in [0.4, 0.5) is 0 Å². The quantitative estimate of drug-likeness (QED) is 0.114. The maximum atomic E-state index is 15.6. The zero-order valence-corrected chi connectivity index (χ0v) is 60.9. The molecule has 0 aromatic carbocycles. The molecule has 8 fully saturated rings. The summed E-state index contributed by atoms with van der Waals surface area (Å²) < 4.78 is 0. The fourth-order valence-electron chi connectivity index (χ4n) is 22.3.